The summed E-state index contributed by atoms with van der Waals surface area (Å²) < 4.78 is 0.956. The number of hydrogen-bond acceptors (Lipinski definition) is 4. The maximum Gasteiger partial charge on any atom is 0.258 e. The summed E-state index contributed by atoms with van der Waals surface area (Å²) in [5, 5.41) is 2.81. The largest absolute Gasteiger partial charge is 0.322 e. The van der Waals surface area contributed by atoms with Crippen LogP contribution in [0.3, 0.4) is 0 Å². The van der Waals surface area contributed by atoms with Crippen LogP contribution in [0.5, 0.6) is 0 Å². The summed E-state index contributed by atoms with van der Waals surface area (Å²) in [5.41, 5.74) is 2.10. The Hall–Kier alpha value is -2.73. The lowest BCUT2D eigenvalue weighted by molar-refractivity contribution is 0.102. The molecule has 6 heteroatoms. The summed E-state index contributed by atoms with van der Waals surface area (Å²) in [4.78, 5) is 22.6. The summed E-state index contributed by atoms with van der Waals surface area (Å²) in [6.07, 6.45) is 3.05. The van der Waals surface area contributed by atoms with E-state index in [0.29, 0.717) is 17.2 Å². The third-order valence-corrected chi connectivity index (χ3v) is 3.97. The third kappa shape index (κ3) is 3.78. The van der Waals surface area contributed by atoms with Gasteiger partial charge in [0.05, 0.1) is 5.56 Å². The molecule has 1 N–H and O–H groups in total. The minimum absolute atomic E-state index is 0.244. The molecular weight excluding hydrogens is 368 g/mol. The SMILES string of the molecule is CN(c1ccccc1)c1ncc(C(=O)Nc2ccc(Br)cc2)cn1. The summed E-state index contributed by atoms with van der Waals surface area (Å²) in [7, 11) is 1.88. The summed E-state index contributed by atoms with van der Waals surface area (Å²) in [6, 6.07) is 17.2. The van der Waals surface area contributed by atoms with E-state index in [1.165, 1.54) is 12.4 Å². The number of aromatic nitrogens is 2. The van der Waals surface area contributed by atoms with Crippen LogP contribution in [-0.2, 0) is 0 Å². The van der Waals surface area contributed by atoms with Crippen LogP contribution in [0.25, 0.3) is 0 Å². The molecule has 0 fully saturated rings. The van der Waals surface area contributed by atoms with Gasteiger partial charge >= 0.3 is 0 Å². The van der Waals surface area contributed by atoms with Gasteiger partial charge in [-0.25, -0.2) is 9.97 Å². The first kappa shape index (κ1) is 16.1. The molecule has 120 valence electrons. The van der Waals surface area contributed by atoms with E-state index < -0.39 is 0 Å². The molecule has 0 saturated carbocycles. The maximum absolute atomic E-state index is 12.2. The Labute approximate surface area is 148 Å². The summed E-state index contributed by atoms with van der Waals surface area (Å²) in [6.45, 7) is 0. The van der Waals surface area contributed by atoms with Gasteiger partial charge in [-0.05, 0) is 36.4 Å². The Morgan fingerprint density at radius 1 is 1.00 bits per heavy atom. The van der Waals surface area contributed by atoms with E-state index in [4.69, 9.17) is 0 Å². The van der Waals surface area contributed by atoms with Gasteiger partial charge in [0.15, 0.2) is 0 Å². The predicted molar refractivity (Wildman–Crippen MR) is 98.6 cm³/mol. The van der Waals surface area contributed by atoms with E-state index in [-0.39, 0.29) is 5.91 Å². The molecule has 3 rings (SSSR count). The Balaban J connectivity index is 1.72. The first-order chi connectivity index (χ1) is 11.6. The Morgan fingerprint density at radius 2 is 1.62 bits per heavy atom. The van der Waals surface area contributed by atoms with E-state index in [1.54, 1.807) is 0 Å². The van der Waals surface area contributed by atoms with Crippen molar-refractivity contribution >= 4 is 39.2 Å². The van der Waals surface area contributed by atoms with Crippen molar-refractivity contribution in [3.8, 4) is 0 Å². The van der Waals surface area contributed by atoms with Gasteiger partial charge in [-0.1, -0.05) is 34.1 Å². The second-order valence-electron chi connectivity index (χ2n) is 5.13. The first-order valence-corrected chi connectivity index (χ1v) is 8.10. The van der Waals surface area contributed by atoms with Crippen LogP contribution in [0.2, 0.25) is 0 Å². The van der Waals surface area contributed by atoms with Crippen LogP contribution < -0.4 is 10.2 Å². The van der Waals surface area contributed by atoms with Crippen molar-refractivity contribution in [3.05, 3.63) is 77.0 Å². The predicted octanol–water partition coefficient (Wildman–Crippen LogP) is 4.26. The molecule has 3 aromatic rings. The fraction of sp³-hybridized carbons (Fsp3) is 0.0556. The molecule has 0 bridgehead atoms. The van der Waals surface area contributed by atoms with Crippen LogP contribution in [0.1, 0.15) is 10.4 Å². The minimum atomic E-state index is -0.244. The van der Waals surface area contributed by atoms with E-state index >= 15 is 0 Å². The van der Waals surface area contributed by atoms with Gasteiger partial charge in [-0.2, -0.15) is 0 Å². The topological polar surface area (TPSA) is 58.1 Å². The van der Waals surface area contributed by atoms with Crippen LogP contribution >= 0.6 is 15.9 Å². The second kappa shape index (κ2) is 7.23. The molecule has 0 aliphatic heterocycles. The lowest BCUT2D eigenvalue weighted by Crippen LogP contribution is -2.16. The second-order valence-corrected chi connectivity index (χ2v) is 6.04. The van der Waals surface area contributed by atoms with E-state index in [9.17, 15) is 4.79 Å². The lowest BCUT2D eigenvalue weighted by Gasteiger charge is -2.16. The van der Waals surface area contributed by atoms with Crippen LogP contribution in [0, 0.1) is 0 Å². The molecule has 1 amide bonds. The number of nitrogens with one attached hydrogen (secondary N) is 1. The number of anilines is 3. The standard InChI is InChI=1S/C18H15BrN4O/c1-23(16-5-3-2-4-6-16)18-20-11-13(12-21-18)17(24)22-15-9-7-14(19)8-10-15/h2-12H,1H3,(H,22,24). The lowest BCUT2D eigenvalue weighted by atomic mass is 10.3. The molecule has 0 spiro atoms. The minimum Gasteiger partial charge on any atom is -0.322 e. The van der Waals surface area contributed by atoms with Crippen molar-refractivity contribution in [1.82, 2.24) is 9.97 Å². The van der Waals surface area contributed by atoms with Gasteiger partial charge in [0.2, 0.25) is 5.95 Å². The summed E-state index contributed by atoms with van der Waals surface area (Å²) in [5.74, 6) is 0.285. The number of nitrogens with zero attached hydrogens (tertiary/aromatic N) is 3. The monoisotopic (exact) mass is 382 g/mol. The van der Waals surface area contributed by atoms with Crippen LogP contribution in [0.15, 0.2) is 71.5 Å². The number of carbonyl (C=O) groups is 1. The number of benzene rings is 2. The van der Waals surface area contributed by atoms with Crippen molar-refractivity contribution in [3.63, 3.8) is 0 Å². The van der Waals surface area contributed by atoms with Crippen LogP contribution in [-0.4, -0.2) is 22.9 Å². The van der Waals surface area contributed by atoms with Crippen molar-refractivity contribution in [2.24, 2.45) is 0 Å². The van der Waals surface area contributed by atoms with Gasteiger partial charge in [0.1, 0.15) is 0 Å². The van der Waals surface area contributed by atoms with Crippen LogP contribution in [0.4, 0.5) is 17.3 Å². The van der Waals surface area contributed by atoms with Gasteiger partial charge in [0, 0.05) is 35.3 Å². The molecule has 0 unspecified atom stereocenters. The van der Waals surface area contributed by atoms with Crippen molar-refractivity contribution < 1.29 is 4.79 Å². The molecule has 1 heterocycles. The number of rotatable bonds is 4. The quantitative estimate of drug-likeness (QED) is 0.732. The molecule has 0 saturated heterocycles. The van der Waals surface area contributed by atoms with Crippen molar-refractivity contribution in [2.75, 3.05) is 17.3 Å². The zero-order chi connectivity index (χ0) is 16.9. The average Bonchev–Trinajstić information content (AvgIpc) is 2.64. The highest BCUT2D eigenvalue weighted by molar-refractivity contribution is 9.10. The number of hydrogen-bond donors (Lipinski definition) is 1. The molecule has 0 aliphatic rings. The Morgan fingerprint density at radius 3 is 2.25 bits per heavy atom. The number of carbonyl (C=O) groups excluding carboxylic acids is 1. The molecule has 24 heavy (non-hydrogen) atoms. The van der Waals surface area contributed by atoms with Gasteiger partial charge in [0.25, 0.3) is 5.91 Å². The number of para-hydroxylation sites is 1. The Bertz CT molecular complexity index is 820. The molecule has 1 aromatic heterocycles. The van der Waals surface area contributed by atoms with E-state index in [2.05, 4.69) is 31.2 Å². The molecule has 0 atom stereocenters. The number of amides is 1. The first-order valence-electron chi connectivity index (χ1n) is 7.31. The van der Waals surface area contributed by atoms with Gasteiger partial charge in [-0.15, -0.1) is 0 Å². The zero-order valence-corrected chi connectivity index (χ0v) is 14.6. The fourth-order valence-electron chi connectivity index (χ4n) is 2.12. The van der Waals surface area contributed by atoms with E-state index in [0.717, 1.165) is 10.2 Å². The highest BCUT2D eigenvalue weighted by atomic mass is 79.9. The molecular formula is C18H15BrN4O. The number of halogens is 1. The normalized spacial score (nSPS) is 10.2. The third-order valence-electron chi connectivity index (χ3n) is 3.45. The molecule has 5 nitrogen and oxygen atoms in total. The molecule has 2 aromatic carbocycles. The highest BCUT2D eigenvalue weighted by Gasteiger charge is 2.10. The summed E-state index contributed by atoms with van der Waals surface area (Å²) >= 11 is 3.36. The van der Waals surface area contributed by atoms with Crippen molar-refractivity contribution in [2.45, 2.75) is 0 Å². The molecule has 0 aliphatic carbocycles. The molecule has 0 radical (unpaired) electrons. The fourth-order valence-corrected chi connectivity index (χ4v) is 2.38. The van der Waals surface area contributed by atoms with E-state index in [1.807, 2.05) is 66.5 Å². The Kier molecular flexibility index (Phi) is 4.86. The smallest absolute Gasteiger partial charge is 0.258 e. The average molecular weight is 383 g/mol. The maximum atomic E-state index is 12.2. The van der Waals surface area contributed by atoms with Crippen molar-refractivity contribution in [1.29, 1.82) is 0 Å². The highest BCUT2D eigenvalue weighted by Crippen LogP contribution is 2.19. The zero-order valence-electron chi connectivity index (χ0n) is 13.0. The van der Waals surface area contributed by atoms with Gasteiger partial charge < -0.3 is 10.2 Å². The van der Waals surface area contributed by atoms with Gasteiger partial charge in [-0.3, -0.25) is 4.79 Å².